The normalized spacial score (nSPS) is 15.2. The number of carboxylic acids is 1. The van der Waals surface area contributed by atoms with Crippen LogP contribution in [-0.2, 0) is 4.79 Å². The zero-order valence-electron chi connectivity index (χ0n) is 7.69. The highest BCUT2D eigenvalue weighted by molar-refractivity contribution is 5.75. The molecule has 1 aromatic rings. The standard InChI is InChI=1S/C10H10O4/c1-6(10(11)12)7-2-3-8-9(4-7)14-5-13-8/h2-4,6H,5H2,1H3,(H,11,12). The molecular weight excluding hydrogens is 184 g/mol. The second-order valence-electron chi connectivity index (χ2n) is 3.17. The van der Waals surface area contributed by atoms with Crippen LogP contribution in [0.4, 0.5) is 0 Å². The molecular formula is C10H10O4. The lowest BCUT2D eigenvalue weighted by Gasteiger charge is -2.06. The van der Waals surface area contributed by atoms with Crippen LogP contribution in [0, 0.1) is 0 Å². The Morgan fingerprint density at radius 3 is 2.86 bits per heavy atom. The number of carboxylic acid groups (broad SMARTS) is 1. The molecule has 14 heavy (non-hydrogen) atoms. The number of hydrogen-bond acceptors (Lipinski definition) is 3. The fourth-order valence-electron chi connectivity index (χ4n) is 1.33. The van der Waals surface area contributed by atoms with E-state index in [1.807, 2.05) is 0 Å². The molecule has 1 heterocycles. The molecule has 1 atom stereocenters. The molecule has 1 N–H and O–H groups in total. The van der Waals surface area contributed by atoms with E-state index in [1.165, 1.54) is 0 Å². The fourth-order valence-corrected chi connectivity index (χ4v) is 1.33. The van der Waals surface area contributed by atoms with Crippen LogP contribution < -0.4 is 9.47 Å². The van der Waals surface area contributed by atoms with Crippen LogP contribution >= 0.6 is 0 Å². The number of aliphatic carboxylic acids is 1. The number of benzene rings is 1. The van der Waals surface area contributed by atoms with Gasteiger partial charge in [0.2, 0.25) is 6.79 Å². The fraction of sp³-hybridized carbons (Fsp3) is 0.300. The van der Waals surface area contributed by atoms with E-state index in [4.69, 9.17) is 14.6 Å². The summed E-state index contributed by atoms with van der Waals surface area (Å²) in [6.45, 7) is 1.85. The Labute approximate surface area is 81.1 Å². The van der Waals surface area contributed by atoms with Gasteiger partial charge in [0.25, 0.3) is 0 Å². The quantitative estimate of drug-likeness (QED) is 0.776. The Bertz CT molecular complexity index is 372. The summed E-state index contributed by atoms with van der Waals surface area (Å²) < 4.78 is 10.3. The first-order valence-corrected chi connectivity index (χ1v) is 4.31. The number of ether oxygens (including phenoxy) is 2. The largest absolute Gasteiger partial charge is 0.481 e. The van der Waals surface area contributed by atoms with Gasteiger partial charge in [-0.25, -0.2) is 0 Å². The lowest BCUT2D eigenvalue weighted by molar-refractivity contribution is -0.138. The summed E-state index contributed by atoms with van der Waals surface area (Å²) in [5.74, 6) is -0.0738. The Morgan fingerprint density at radius 1 is 1.43 bits per heavy atom. The lowest BCUT2D eigenvalue weighted by Crippen LogP contribution is -2.06. The van der Waals surface area contributed by atoms with Gasteiger partial charge < -0.3 is 14.6 Å². The maximum Gasteiger partial charge on any atom is 0.310 e. The van der Waals surface area contributed by atoms with Crippen molar-refractivity contribution in [3.8, 4) is 11.5 Å². The van der Waals surface area contributed by atoms with Crippen molar-refractivity contribution >= 4 is 5.97 Å². The highest BCUT2D eigenvalue weighted by Gasteiger charge is 2.18. The molecule has 0 bridgehead atoms. The van der Waals surface area contributed by atoms with Crippen molar-refractivity contribution < 1.29 is 19.4 Å². The second-order valence-corrected chi connectivity index (χ2v) is 3.17. The summed E-state index contributed by atoms with van der Waals surface area (Å²) in [4.78, 5) is 10.7. The van der Waals surface area contributed by atoms with E-state index in [0.717, 1.165) is 5.56 Å². The van der Waals surface area contributed by atoms with E-state index in [-0.39, 0.29) is 6.79 Å². The zero-order chi connectivity index (χ0) is 10.1. The third kappa shape index (κ3) is 1.39. The molecule has 0 radical (unpaired) electrons. The van der Waals surface area contributed by atoms with Gasteiger partial charge in [-0.3, -0.25) is 4.79 Å². The van der Waals surface area contributed by atoms with Crippen LogP contribution in [0.5, 0.6) is 11.5 Å². The zero-order valence-corrected chi connectivity index (χ0v) is 7.69. The molecule has 4 nitrogen and oxygen atoms in total. The van der Waals surface area contributed by atoms with Gasteiger partial charge in [-0.15, -0.1) is 0 Å². The summed E-state index contributed by atoms with van der Waals surface area (Å²) in [6.07, 6.45) is 0. The van der Waals surface area contributed by atoms with Crippen molar-refractivity contribution in [1.29, 1.82) is 0 Å². The number of hydrogen-bond donors (Lipinski definition) is 1. The first-order chi connectivity index (χ1) is 6.68. The average Bonchev–Trinajstić information content (AvgIpc) is 2.62. The van der Waals surface area contributed by atoms with E-state index in [2.05, 4.69) is 0 Å². The van der Waals surface area contributed by atoms with Crippen LogP contribution in [0.15, 0.2) is 18.2 Å². The molecule has 1 aliphatic rings. The molecule has 2 rings (SSSR count). The SMILES string of the molecule is CC(C(=O)O)c1ccc2c(c1)OCO2. The molecule has 0 saturated heterocycles. The molecule has 1 aliphatic heterocycles. The Balaban J connectivity index is 2.33. The summed E-state index contributed by atoms with van der Waals surface area (Å²) in [6, 6.07) is 5.19. The van der Waals surface area contributed by atoms with Crippen molar-refractivity contribution in [3.05, 3.63) is 23.8 Å². The maximum absolute atomic E-state index is 10.7. The van der Waals surface area contributed by atoms with E-state index < -0.39 is 11.9 Å². The smallest absolute Gasteiger partial charge is 0.310 e. The lowest BCUT2D eigenvalue weighted by atomic mass is 10.0. The maximum atomic E-state index is 10.7. The summed E-state index contributed by atoms with van der Waals surface area (Å²) in [7, 11) is 0. The molecule has 1 unspecified atom stereocenters. The van der Waals surface area contributed by atoms with Gasteiger partial charge in [0.15, 0.2) is 11.5 Å². The minimum Gasteiger partial charge on any atom is -0.481 e. The van der Waals surface area contributed by atoms with Crippen molar-refractivity contribution in [1.82, 2.24) is 0 Å². The van der Waals surface area contributed by atoms with Gasteiger partial charge in [-0.1, -0.05) is 6.07 Å². The van der Waals surface area contributed by atoms with Crippen LogP contribution in [0.25, 0.3) is 0 Å². The summed E-state index contributed by atoms with van der Waals surface area (Å²) in [5, 5.41) is 8.81. The summed E-state index contributed by atoms with van der Waals surface area (Å²) in [5.41, 5.74) is 0.724. The van der Waals surface area contributed by atoms with Gasteiger partial charge >= 0.3 is 5.97 Å². The predicted molar refractivity (Wildman–Crippen MR) is 48.6 cm³/mol. The molecule has 74 valence electrons. The Morgan fingerprint density at radius 2 is 2.14 bits per heavy atom. The van der Waals surface area contributed by atoms with Gasteiger partial charge in [-0.2, -0.15) is 0 Å². The minimum absolute atomic E-state index is 0.209. The second kappa shape index (κ2) is 3.21. The molecule has 0 amide bonds. The topological polar surface area (TPSA) is 55.8 Å². The van der Waals surface area contributed by atoms with E-state index in [1.54, 1.807) is 25.1 Å². The Hall–Kier alpha value is -1.71. The number of fused-ring (bicyclic) bond motifs is 1. The van der Waals surface area contributed by atoms with E-state index >= 15 is 0 Å². The predicted octanol–water partition coefficient (Wildman–Crippen LogP) is 1.60. The first-order valence-electron chi connectivity index (χ1n) is 4.31. The van der Waals surface area contributed by atoms with Crippen LogP contribution in [0.2, 0.25) is 0 Å². The molecule has 0 aliphatic carbocycles. The minimum atomic E-state index is -0.844. The number of carbonyl (C=O) groups is 1. The number of rotatable bonds is 2. The van der Waals surface area contributed by atoms with Crippen molar-refractivity contribution in [3.63, 3.8) is 0 Å². The Kier molecular flexibility index (Phi) is 2.04. The molecule has 4 heteroatoms. The van der Waals surface area contributed by atoms with Crippen LogP contribution in [0.1, 0.15) is 18.4 Å². The molecule has 0 fully saturated rings. The summed E-state index contributed by atoms with van der Waals surface area (Å²) >= 11 is 0. The van der Waals surface area contributed by atoms with Gasteiger partial charge in [0, 0.05) is 0 Å². The van der Waals surface area contributed by atoms with E-state index in [9.17, 15) is 4.79 Å². The molecule has 0 saturated carbocycles. The highest BCUT2D eigenvalue weighted by atomic mass is 16.7. The average molecular weight is 194 g/mol. The van der Waals surface area contributed by atoms with Crippen LogP contribution in [-0.4, -0.2) is 17.9 Å². The van der Waals surface area contributed by atoms with Gasteiger partial charge in [0.1, 0.15) is 0 Å². The molecule has 1 aromatic carbocycles. The van der Waals surface area contributed by atoms with Crippen LogP contribution in [0.3, 0.4) is 0 Å². The van der Waals surface area contributed by atoms with E-state index in [0.29, 0.717) is 11.5 Å². The molecule has 0 spiro atoms. The van der Waals surface area contributed by atoms with Gasteiger partial charge in [-0.05, 0) is 24.6 Å². The van der Waals surface area contributed by atoms with Crippen molar-refractivity contribution in [2.75, 3.05) is 6.79 Å². The van der Waals surface area contributed by atoms with Crippen molar-refractivity contribution in [2.24, 2.45) is 0 Å². The third-order valence-electron chi connectivity index (χ3n) is 2.27. The first kappa shape index (κ1) is 8.87. The monoisotopic (exact) mass is 194 g/mol. The third-order valence-corrected chi connectivity index (χ3v) is 2.27. The molecule has 0 aromatic heterocycles. The highest BCUT2D eigenvalue weighted by Crippen LogP contribution is 2.34. The van der Waals surface area contributed by atoms with Gasteiger partial charge in [0.05, 0.1) is 5.92 Å². The van der Waals surface area contributed by atoms with Crippen molar-refractivity contribution in [2.45, 2.75) is 12.8 Å².